The van der Waals surface area contributed by atoms with Gasteiger partial charge in [-0.15, -0.1) is 0 Å². The molecule has 1 N–H and O–H groups in total. The third-order valence-corrected chi connectivity index (χ3v) is 4.49. The molecule has 0 aliphatic carbocycles. The highest BCUT2D eigenvalue weighted by molar-refractivity contribution is 9.10. The number of amides is 1. The summed E-state index contributed by atoms with van der Waals surface area (Å²) in [6.07, 6.45) is 2.53. The van der Waals surface area contributed by atoms with E-state index in [1.165, 1.54) is 0 Å². The Morgan fingerprint density at radius 3 is 2.71 bits per heavy atom. The SMILES string of the molecule is CC(NC(=O)Cn1cc(C=O)c2cc(Br)ccc21)c1ccccc1. The van der Waals surface area contributed by atoms with Crippen LogP contribution in [0.5, 0.6) is 0 Å². The van der Waals surface area contributed by atoms with Crippen molar-refractivity contribution in [2.45, 2.75) is 19.5 Å². The average molecular weight is 385 g/mol. The Morgan fingerprint density at radius 1 is 1.25 bits per heavy atom. The molecule has 1 atom stereocenters. The number of fused-ring (bicyclic) bond motifs is 1. The summed E-state index contributed by atoms with van der Waals surface area (Å²) >= 11 is 3.41. The topological polar surface area (TPSA) is 51.1 Å². The Labute approximate surface area is 148 Å². The van der Waals surface area contributed by atoms with Crippen LogP contribution in [0.3, 0.4) is 0 Å². The van der Waals surface area contributed by atoms with Crippen molar-refractivity contribution in [1.29, 1.82) is 0 Å². The molecule has 3 rings (SSSR count). The van der Waals surface area contributed by atoms with E-state index in [0.717, 1.165) is 27.2 Å². The van der Waals surface area contributed by atoms with Crippen molar-refractivity contribution >= 4 is 39.0 Å². The van der Waals surface area contributed by atoms with Gasteiger partial charge in [-0.25, -0.2) is 0 Å². The van der Waals surface area contributed by atoms with Crippen LogP contribution in [0.1, 0.15) is 28.9 Å². The highest BCUT2D eigenvalue weighted by Gasteiger charge is 2.13. The van der Waals surface area contributed by atoms with Crippen LogP contribution in [0.4, 0.5) is 0 Å². The normalized spacial score (nSPS) is 12.1. The van der Waals surface area contributed by atoms with E-state index in [2.05, 4.69) is 21.2 Å². The summed E-state index contributed by atoms with van der Waals surface area (Å²) < 4.78 is 2.71. The van der Waals surface area contributed by atoms with Crippen molar-refractivity contribution in [2.24, 2.45) is 0 Å². The molecule has 4 nitrogen and oxygen atoms in total. The molecule has 1 heterocycles. The number of benzene rings is 2. The second-order valence-electron chi connectivity index (χ2n) is 5.69. The fourth-order valence-electron chi connectivity index (χ4n) is 2.79. The molecule has 0 aliphatic heterocycles. The lowest BCUT2D eigenvalue weighted by Crippen LogP contribution is -2.29. The second-order valence-corrected chi connectivity index (χ2v) is 6.61. The van der Waals surface area contributed by atoms with Crippen molar-refractivity contribution in [3.05, 3.63) is 70.3 Å². The number of carbonyl (C=O) groups excluding carboxylic acids is 2. The van der Waals surface area contributed by atoms with Crippen LogP contribution in [-0.2, 0) is 11.3 Å². The Balaban J connectivity index is 1.80. The summed E-state index contributed by atoms with van der Waals surface area (Å²) in [4.78, 5) is 23.6. The lowest BCUT2D eigenvalue weighted by atomic mass is 10.1. The number of rotatable bonds is 5. The molecule has 1 amide bonds. The van der Waals surface area contributed by atoms with Crippen molar-refractivity contribution in [3.63, 3.8) is 0 Å². The van der Waals surface area contributed by atoms with E-state index in [4.69, 9.17) is 0 Å². The number of nitrogens with zero attached hydrogens (tertiary/aromatic N) is 1. The van der Waals surface area contributed by atoms with Gasteiger partial charge in [0.25, 0.3) is 0 Å². The van der Waals surface area contributed by atoms with Gasteiger partial charge in [-0.1, -0.05) is 46.3 Å². The maximum Gasteiger partial charge on any atom is 0.240 e. The molecule has 122 valence electrons. The van der Waals surface area contributed by atoms with Crippen molar-refractivity contribution in [1.82, 2.24) is 9.88 Å². The smallest absolute Gasteiger partial charge is 0.240 e. The number of halogens is 1. The average Bonchev–Trinajstić information content (AvgIpc) is 2.92. The zero-order valence-corrected chi connectivity index (χ0v) is 14.8. The first kappa shape index (κ1) is 16.5. The van der Waals surface area contributed by atoms with Crippen LogP contribution in [0.15, 0.2) is 59.2 Å². The van der Waals surface area contributed by atoms with Crippen molar-refractivity contribution < 1.29 is 9.59 Å². The predicted octanol–water partition coefficient (Wildman–Crippen LogP) is 4.09. The number of carbonyl (C=O) groups is 2. The fourth-order valence-corrected chi connectivity index (χ4v) is 3.15. The van der Waals surface area contributed by atoms with Crippen molar-refractivity contribution in [3.8, 4) is 0 Å². The molecule has 2 aromatic carbocycles. The van der Waals surface area contributed by atoms with E-state index in [9.17, 15) is 9.59 Å². The maximum atomic E-state index is 12.4. The fraction of sp³-hybridized carbons (Fsp3) is 0.158. The number of hydrogen-bond acceptors (Lipinski definition) is 2. The van der Waals surface area contributed by atoms with Gasteiger partial charge in [0.2, 0.25) is 5.91 Å². The van der Waals surface area contributed by atoms with E-state index in [1.54, 1.807) is 10.8 Å². The van der Waals surface area contributed by atoms with E-state index in [0.29, 0.717) is 5.56 Å². The standard InChI is InChI=1S/C19H17BrN2O2/c1-13(14-5-3-2-4-6-14)21-19(24)11-22-10-15(12-23)17-9-16(20)7-8-18(17)22/h2-10,12-13H,11H2,1H3,(H,21,24). The highest BCUT2D eigenvalue weighted by atomic mass is 79.9. The van der Waals surface area contributed by atoms with Crippen LogP contribution in [0.25, 0.3) is 10.9 Å². The summed E-state index contributed by atoms with van der Waals surface area (Å²) in [7, 11) is 0. The predicted molar refractivity (Wildman–Crippen MR) is 98.0 cm³/mol. The van der Waals surface area contributed by atoms with Crippen LogP contribution >= 0.6 is 15.9 Å². The number of nitrogens with one attached hydrogen (secondary N) is 1. The Bertz CT molecular complexity index is 887. The monoisotopic (exact) mass is 384 g/mol. The highest BCUT2D eigenvalue weighted by Crippen LogP contribution is 2.24. The molecular formula is C19H17BrN2O2. The van der Waals surface area contributed by atoms with Crippen LogP contribution < -0.4 is 5.32 Å². The summed E-state index contributed by atoms with van der Waals surface area (Å²) in [5, 5.41) is 3.83. The lowest BCUT2D eigenvalue weighted by molar-refractivity contribution is -0.122. The van der Waals surface area contributed by atoms with Gasteiger partial charge in [0.05, 0.1) is 6.04 Å². The van der Waals surface area contributed by atoms with Gasteiger partial charge >= 0.3 is 0 Å². The number of hydrogen-bond donors (Lipinski definition) is 1. The van der Waals surface area contributed by atoms with E-state index < -0.39 is 0 Å². The summed E-state index contributed by atoms with van der Waals surface area (Å²) in [6, 6.07) is 15.4. The van der Waals surface area contributed by atoms with E-state index in [1.807, 2.05) is 55.5 Å². The first-order chi connectivity index (χ1) is 11.6. The largest absolute Gasteiger partial charge is 0.348 e. The molecule has 0 saturated carbocycles. The molecule has 24 heavy (non-hydrogen) atoms. The van der Waals surface area contributed by atoms with Gasteiger partial charge in [0, 0.05) is 27.1 Å². The minimum Gasteiger partial charge on any atom is -0.348 e. The van der Waals surface area contributed by atoms with Crippen LogP contribution in [-0.4, -0.2) is 16.8 Å². The molecule has 0 bridgehead atoms. The van der Waals surface area contributed by atoms with Gasteiger partial charge < -0.3 is 9.88 Å². The molecule has 3 aromatic rings. The first-order valence-electron chi connectivity index (χ1n) is 7.66. The molecule has 0 aliphatic rings. The van der Waals surface area contributed by atoms with Gasteiger partial charge in [-0.05, 0) is 30.7 Å². The second kappa shape index (κ2) is 7.01. The number of aromatic nitrogens is 1. The van der Waals surface area contributed by atoms with E-state index >= 15 is 0 Å². The van der Waals surface area contributed by atoms with Crippen molar-refractivity contribution in [2.75, 3.05) is 0 Å². The van der Waals surface area contributed by atoms with Gasteiger partial charge in [-0.2, -0.15) is 0 Å². The Hall–Kier alpha value is -2.40. The zero-order valence-electron chi connectivity index (χ0n) is 13.2. The quantitative estimate of drug-likeness (QED) is 0.673. The molecule has 0 radical (unpaired) electrons. The van der Waals surface area contributed by atoms with Gasteiger partial charge in [-0.3, -0.25) is 9.59 Å². The summed E-state index contributed by atoms with van der Waals surface area (Å²) in [5.74, 6) is -0.0939. The van der Waals surface area contributed by atoms with Gasteiger partial charge in [0.1, 0.15) is 6.54 Å². The Morgan fingerprint density at radius 2 is 2.00 bits per heavy atom. The van der Waals surface area contributed by atoms with Crippen LogP contribution in [0.2, 0.25) is 0 Å². The zero-order chi connectivity index (χ0) is 17.1. The summed E-state index contributed by atoms with van der Waals surface area (Å²) in [5.41, 5.74) is 2.50. The summed E-state index contributed by atoms with van der Waals surface area (Å²) in [6.45, 7) is 2.12. The Kier molecular flexibility index (Phi) is 4.81. The lowest BCUT2D eigenvalue weighted by Gasteiger charge is -2.15. The minimum atomic E-state index is -0.0939. The van der Waals surface area contributed by atoms with E-state index in [-0.39, 0.29) is 18.5 Å². The number of aldehydes is 1. The molecule has 1 unspecified atom stereocenters. The minimum absolute atomic E-state index is 0.0692. The van der Waals surface area contributed by atoms with Gasteiger partial charge in [0.15, 0.2) is 6.29 Å². The third-order valence-electron chi connectivity index (χ3n) is 3.99. The molecule has 1 aromatic heterocycles. The third kappa shape index (κ3) is 3.41. The maximum absolute atomic E-state index is 12.4. The molecule has 5 heteroatoms. The van der Waals surface area contributed by atoms with Crippen LogP contribution in [0, 0.1) is 0 Å². The molecule has 0 saturated heterocycles. The molecule has 0 spiro atoms. The molecule has 0 fully saturated rings. The molecular weight excluding hydrogens is 368 g/mol. The first-order valence-corrected chi connectivity index (χ1v) is 8.45.